The van der Waals surface area contributed by atoms with Crippen LogP contribution in [0, 0.1) is 27.7 Å². The molecule has 0 radical (unpaired) electrons. The Morgan fingerprint density at radius 2 is 1.00 bits per heavy atom. The van der Waals surface area contributed by atoms with Crippen molar-refractivity contribution in [3.05, 3.63) is 141 Å². The summed E-state index contributed by atoms with van der Waals surface area (Å²) < 4.78 is 5.83. The highest BCUT2D eigenvalue weighted by Gasteiger charge is 2.07. The van der Waals surface area contributed by atoms with Gasteiger partial charge in [-0.15, -0.1) is 0 Å². The molecular formula is C35H41NO2. The number of rotatable bonds is 5. The standard InChI is InChI=1S/C18H22O.C15H12.C2H7NO/c1-13-5-14(2)8-17(7-13)11-19-12-18-9-15(3)6-16(4)10-18;1-3-7-14-11-15-8-4-2-6-13(15)10-9-12(14)5-1;3-1-2-4/h5-10H,11-12H2,1-4H3;1-10H,11H2;4H,1-3H2. The zero-order valence-corrected chi connectivity index (χ0v) is 23.2. The first-order valence-electron chi connectivity index (χ1n) is 13.2. The predicted octanol–water partition coefficient (Wildman–Crippen LogP) is 7.34. The van der Waals surface area contributed by atoms with Gasteiger partial charge in [-0.1, -0.05) is 119 Å². The molecule has 0 aromatic heterocycles. The number of aryl methyl sites for hydroxylation is 4. The van der Waals surface area contributed by atoms with Gasteiger partial charge in [-0.3, -0.25) is 0 Å². The third-order valence-electron chi connectivity index (χ3n) is 6.16. The lowest BCUT2D eigenvalue weighted by Gasteiger charge is -2.08. The molecule has 0 fully saturated rings. The van der Waals surface area contributed by atoms with Gasteiger partial charge in [0, 0.05) is 6.54 Å². The van der Waals surface area contributed by atoms with Crippen molar-refractivity contribution in [3.63, 3.8) is 0 Å². The number of nitrogens with two attached hydrogens (primary N) is 1. The summed E-state index contributed by atoms with van der Waals surface area (Å²) in [6.45, 7) is 10.3. The molecule has 0 bridgehead atoms. The SMILES string of the molecule is C1=Cc2ccccc2Cc2ccccc21.Cc1cc(C)cc(COCc2cc(C)cc(C)c2)c1.NCCO. The van der Waals surface area contributed by atoms with Gasteiger partial charge in [0.15, 0.2) is 0 Å². The highest BCUT2D eigenvalue weighted by Crippen LogP contribution is 2.24. The first kappa shape index (κ1) is 29.1. The second-order valence-corrected chi connectivity index (χ2v) is 9.90. The first-order valence-corrected chi connectivity index (χ1v) is 13.2. The summed E-state index contributed by atoms with van der Waals surface area (Å²) in [5.41, 5.74) is 18.0. The van der Waals surface area contributed by atoms with E-state index in [-0.39, 0.29) is 6.61 Å². The second kappa shape index (κ2) is 15.0. The Balaban J connectivity index is 0.000000188. The van der Waals surface area contributed by atoms with Gasteiger partial charge in [-0.05, 0) is 67.5 Å². The van der Waals surface area contributed by atoms with E-state index in [0.717, 1.165) is 6.42 Å². The Morgan fingerprint density at radius 3 is 1.37 bits per heavy atom. The molecule has 38 heavy (non-hydrogen) atoms. The van der Waals surface area contributed by atoms with E-state index >= 15 is 0 Å². The van der Waals surface area contributed by atoms with E-state index in [4.69, 9.17) is 15.6 Å². The fraction of sp³-hybridized carbons (Fsp3) is 0.257. The summed E-state index contributed by atoms with van der Waals surface area (Å²) in [6, 6.07) is 30.3. The van der Waals surface area contributed by atoms with Crippen molar-refractivity contribution < 1.29 is 9.84 Å². The third-order valence-corrected chi connectivity index (χ3v) is 6.16. The van der Waals surface area contributed by atoms with E-state index in [2.05, 4.69) is 125 Å². The summed E-state index contributed by atoms with van der Waals surface area (Å²) in [7, 11) is 0. The molecule has 0 amide bonds. The molecule has 0 heterocycles. The number of fused-ring (bicyclic) bond motifs is 2. The average Bonchev–Trinajstić information content (AvgIpc) is 3.08. The molecule has 198 valence electrons. The Hall–Kier alpha value is -3.50. The van der Waals surface area contributed by atoms with Crippen LogP contribution >= 0.6 is 0 Å². The molecule has 5 rings (SSSR count). The molecule has 0 unspecified atom stereocenters. The van der Waals surface area contributed by atoms with E-state index in [1.54, 1.807) is 0 Å². The van der Waals surface area contributed by atoms with Crippen LogP contribution in [-0.2, 0) is 24.4 Å². The molecule has 4 aromatic carbocycles. The second-order valence-electron chi connectivity index (χ2n) is 9.90. The van der Waals surface area contributed by atoms with Crippen molar-refractivity contribution in [1.29, 1.82) is 0 Å². The van der Waals surface area contributed by atoms with Crippen LogP contribution in [0.5, 0.6) is 0 Å². The number of hydrogen-bond acceptors (Lipinski definition) is 3. The quantitative estimate of drug-likeness (QED) is 0.262. The van der Waals surface area contributed by atoms with Crippen molar-refractivity contribution in [3.8, 4) is 0 Å². The van der Waals surface area contributed by atoms with Crippen LogP contribution in [0.15, 0.2) is 84.9 Å². The van der Waals surface area contributed by atoms with E-state index in [0.29, 0.717) is 19.8 Å². The van der Waals surface area contributed by atoms with Gasteiger partial charge in [0.2, 0.25) is 0 Å². The van der Waals surface area contributed by atoms with Gasteiger partial charge in [0.25, 0.3) is 0 Å². The monoisotopic (exact) mass is 507 g/mol. The lowest BCUT2D eigenvalue weighted by Crippen LogP contribution is -2.02. The Morgan fingerprint density at radius 1 is 0.632 bits per heavy atom. The zero-order valence-electron chi connectivity index (χ0n) is 23.2. The summed E-state index contributed by atoms with van der Waals surface area (Å²) in [4.78, 5) is 0. The number of hydrogen-bond donors (Lipinski definition) is 2. The van der Waals surface area contributed by atoms with Crippen LogP contribution in [-0.4, -0.2) is 18.3 Å². The maximum atomic E-state index is 7.75. The van der Waals surface area contributed by atoms with Crippen LogP contribution in [0.25, 0.3) is 12.2 Å². The molecule has 0 aliphatic heterocycles. The maximum absolute atomic E-state index is 7.75. The molecule has 1 aliphatic rings. The minimum absolute atomic E-state index is 0.0972. The van der Waals surface area contributed by atoms with E-state index in [9.17, 15) is 0 Å². The lowest BCUT2D eigenvalue weighted by molar-refractivity contribution is 0.107. The van der Waals surface area contributed by atoms with Gasteiger partial charge in [-0.25, -0.2) is 0 Å². The molecule has 3 N–H and O–H groups in total. The molecule has 0 atom stereocenters. The Kier molecular flexibility index (Phi) is 11.5. The van der Waals surface area contributed by atoms with Gasteiger partial charge in [0.1, 0.15) is 0 Å². The van der Waals surface area contributed by atoms with Crippen molar-refractivity contribution in [2.75, 3.05) is 13.2 Å². The van der Waals surface area contributed by atoms with Gasteiger partial charge >= 0.3 is 0 Å². The summed E-state index contributed by atoms with van der Waals surface area (Å²) >= 11 is 0. The highest BCUT2D eigenvalue weighted by atomic mass is 16.5. The zero-order chi connectivity index (χ0) is 27.3. The third kappa shape index (κ3) is 9.42. The topological polar surface area (TPSA) is 55.5 Å². The van der Waals surface area contributed by atoms with Crippen molar-refractivity contribution >= 4 is 12.2 Å². The summed E-state index contributed by atoms with van der Waals surface area (Å²) in [5, 5.41) is 7.75. The highest BCUT2D eigenvalue weighted by molar-refractivity contribution is 5.75. The molecule has 3 nitrogen and oxygen atoms in total. The summed E-state index contributed by atoms with van der Waals surface area (Å²) in [5.74, 6) is 0. The minimum Gasteiger partial charge on any atom is -0.395 e. The largest absolute Gasteiger partial charge is 0.395 e. The van der Waals surface area contributed by atoms with E-state index < -0.39 is 0 Å². The van der Waals surface area contributed by atoms with Gasteiger partial charge < -0.3 is 15.6 Å². The van der Waals surface area contributed by atoms with E-state index in [1.165, 1.54) is 55.6 Å². The minimum atomic E-state index is 0.0972. The van der Waals surface area contributed by atoms with Crippen molar-refractivity contribution in [1.82, 2.24) is 0 Å². The molecular weight excluding hydrogens is 466 g/mol. The fourth-order valence-electron chi connectivity index (χ4n) is 4.69. The summed E-state index contributed by atoms with van der Waals surface area (Å²) in [6.07, 6.45) is 5.46. The van der Waals surface area contributed by atoms with Crippen molar-refractivity contribution in [2.24, 2.45) is 5.73 Å². The van der Waals surface area contributed by atoms with Crippen LogP contribution in [0.1, 0.15) is 55.6 Å². The van der Waals surface area contributed by atoms with Gasteiger partial charge in [0.05, 0.1) is 19.8 Å². The Bertz CT molecular complexity index is 1200. The van der Waals surface area contributed by atoms with Crippen LogP contribution in [0.2, 0.25) is 0 Å². The normalized spacial score (nSPS) is 11.2. The first-order chi connectivity index (χ1) is 18.4. The predicted molar refractivity (Wildman–Crippen MR) is 161 cm³/mol. The fourth-order valence-corrected chi connectivity index (χ4v) is 4.69. The number of aliphatic hydroxyl groups is 1. The molecule has 3 heteroatoms. The van der Waals surface area contributed by atoms with E-state index in [1.807, 2.05) is 0 Å². The molecule has 4 aromatic rings. The Labute approximate surface area is 228 Å². The van der Waals surface area contributed by atoms with Crippen LogP contribution < -0.4 is 5.73 Å². The van der Waals surface area contributed by atoms with Gasteiger partial charge in [-0.2, -0.15) is 0 Å². The number of benzene rings is 4. The maximum Gasteiger partial charge on any atom is 0.0721 e. The molecule has 1 aliphatic carbocycles. The van der Waals surface area contributed by atoms with Crippen LogP contribution in [0.3, 0.4) is 0 Å². The lowest BCUT2D eigenvalue weighted by atomic mass is 10.0. The molecule has 0 spiro atoms. The number of ether oxygens (including phenoxy) is 1. The van der Waals surface area contributed by atoms with Crippen molar-refractivity contribution in [2.45, 2.75) is 47.3 Å². The molecule has 0 saturated heterocycles. The van der Waals surface area contributed by atoms with Crippen LogP contribution in [0.4, 0.5) is 0 Å². The average molecular weight is 508 g/mol. The number of aliphatic hydroxyl groups excluding tert-OH is 1. The smallest absolute Gasteiger partial charge is 0.0721 e. The molecule has 0 saturated carbocycles.